The highest BCUT2D eigenvalue weighted by Crippen LogP contribution is 2.19. The van der Waals surface area contributed by atoms with Crippen LogP contribution in [0.1, 0.15) is 380 Å². The predicted molar refractivity (Wildman–Crippen MR) is 329 cm³/mol. The molecule has 0 aromatic rings. The minimum absolute atomic E-state index is 0.000537. The first-order valence-corrected chi connectivity index (χ1v) is 34.1. The Labute approximate surface area is 469 Å². The molecule has 75 heavy (non-hydrogen) atoms. The molecule has 0 aliphatic rings. The summed E-state index contributed by atoms with van der Waals surface area (Å²) in [5, 5.41) is 23.4. The Hall–Kier alpha value is -1.66. The Morgan fingerprint density at radius 2 is 0.667 bits per heavy atom. The lowest BCUT2D eigenvalue weighted by atomic mass is 10.0. The van der Waals surface area contributed by atoms with Crippen molar-refractivity contribution in [2.45, 2.75) is 392 Å². The zero-order chi connectivity index (χ0) is 54.3. The van der Waals surface area contributed by atoms with Gasteiger partial charge in [-0.3, -0.25) is 9.59 Å². The minimum Gasteiger partial charge on any atom is -0.466 e. The van der Waals surface area contributed by atoms with Crippen LogP contribution >= 0.6 is 0 Å². The van der Waals surface area contributed by atoms with Gasteiger partial charge in [0.05, 0.1) is 25.4 Å². The van der Waals surface area contributed by atoms with Crippen LogP contribution in [0.25, 0.3) is 0 Å². The molecule has 0 saturated heterocycles. The predicted octanol–water partition coefficient (Wildman–Crippen LogP) is 21.8. The molecule has 0 aromatic heterocycles. The van der Waals surface area contributed by atoms with Gasteiger partial charge in [-0.05, 0) is 57.8 Å². The van der Waals surface area contributed by atoms with Crippen LogP contribution < -0.4 is 5.32 Å². The van der Waals surface area contributed by atoms with Gasteiger partial charge in [0.1, 0.15) is 0 Å². The molecule has 0 fully saturated rings. The van der Waals surface area contributed by atoms with Gasteiger partial charge < -0.3 is 20.3 Å². The van der Waals surface area contributed by atoms with Gasteiger partial charge in [0.15, 0.2) is 0 Å². The molecule has 3 N–H and O–H groups in total. The number of carbonyl (C=O) groups is 2. The molecule has 6 nitrogen and oxygen atoms in total. The number of hydrogen-bond acceptors (Lipinski definition) is 5. The fourth-order valence-electron chi connectivity index (χ4n) is 10.8. The Balaban J connectivity index is 3.39. The van der Waals surface area contributed by atoms with Crippen molar-refractivity contribution in [2.24, 2.45) is 0 Å². The first kappa shape index (κ1) is 73.3. The zero-order valence-electron chi connectivity index (χ0n) is 50.8. The van der Waals surface area contributed by atoms with Crippen LogP contribution in [-0.4, -0.2) is 47.4 Å². The fourth-order valence-corrected chi connectivity index (χ4v) is 10.8. The molecular weight excluding hydrogens is 923 g/mol. The molecule has 0 bridgehead atoms. The smallest absolute Gasteiger partial charge is 0.305 e. The number of hydrogen-bond donors (Lipinski definition) is 3. The van der Waals surface area contributed by atoms with Crippen LogP contribution in [-0.2, 0) is 14.3 Å². The lowest BCUT2D eigenvalue weighted by molar-refractivity contribution is -0.143. The van der Waals surface area contributed by atoms with E-state index in [4.69, 9.17) is 4.74 Å². The first-order chi connectivity index (χ1) is 37.0. The van der Waals surface area contributed by atoms with Crippen molar-refractivity contribution in [3.8, 4) is 0 Å². The molecule has 6 heteroatoms. The number of rotatable bonds is 64. The molecule has 0 aliphatic carbocycles. The number of aliphatic hydroxyl groups is 2. The van der Waals surface area contributed by atoms with Crippen LogP contribution in [0.3, 0.4) is 0 Å². The number of allylic oxidation sites excluding steroid dienone is 4. The quantitative estimate of drug-likeness (QED) is 0.0320. The van der Waals surface area contributed by atoms with Gasteiger partial charge in [0.25, 0.3) is 0 Å². The van der Waals surface area contributed by atoms with Crippen LogP contribution in [0.4, 0.5) is 0 Å². The average molecular weight is 1060 g/mol. The van der Waals surface area contributed by atoms with Crippen molar-refractivity contribution in [2.75, 3.05) is 13.2 Å². The van der Waals surface area contributed by atoms with E-state index in [2.05, 4.69) is 43.5 Å². The number of unbranched alkanes of at least 4 members (excludes halogenated alkanes) is 49. The van der Waals surface area contributed by atoms with E-state index >= 15 is 0 Å². The molecule has 0 aromatic carbocycles. The summed E-state index contributed by atoms with van der Waals surface area (Å²) in [6.45, 7) is 4.96. The summed E-state index contributed by atoms with van der Waals surface area (Å²) in [7, 11) is 0. The molecule has 0 heterocycles. The lowest BCUT2D eigenvalue weighted by Crippen LogP contribution is -2.45. The molecule has 1 amide bonds. The van der Waals surface area contributed by atoms with E-state index in [0.717, 1.165) is 51.4 Å². The maximum absolute atomic E-state index is 12.5. The normalized spacial score (nSPS) is 12.6. The van der Waals surface area contributed by atoms with Crippen molar-refractivity contribution in [3.05, 3.63) is 24.3 Å². The largest absolute Gasteiger partial charge is 0.466 e. The van der Waals surface area contributed by atoms with Crippen LogP contribution in [0, 0.1) is 0 Å². The van der Waals surface area contributed by atoms with E-state index in [1.807, 2.05) is 0 Å². The topological polar surface area (TPSA) is 95.9 Å². The highest BCUT2D eigenvalue weighted by atomic mass is 16.5. The number of nitrogens with one attached hydrogen (secondary N) is 1. The van der Waals surface area contributed by atoms with Gasteiger partial charge in [0.2, 0.25) is 5.91 Å². The van der Waals surface area contributed by atoms with Crippen molar-refractivity contribution in [1.29, 1.82) is 0 Å². The van der Waals surface area contributed by atoms with Crippen molar-refractivity contribution in [3.63, 3.8) is 0 Å². The van der Waals surface area contributed by atoms with Crippen molar-refractivity contribution in [1.82, 2.24) is 5.32 Å². The number of carbonyl (C=O) groups excluding carboxylic acids is 2. The maximum atomic E-state index is 12.5. The van der Waals surface area contributed by atoms with Crippen LogP contribution in [0.15, 0.2) is 24.3 Å². The molecule has 0 rings (SSSR count). The van der Waals surface area contributed by atoms with Gasteiger partial charge in [0, 0.05) is 12.8 Å². The third kappa shape index (κ3) is 61.4. The summed E-state index contributed by atoms with van der Waals surface area (Å²) in [6, 6.07) is -0.543. The molecule has 0 radical (unpaired) electrons. The van der Waals surface area contributed by atoms with Gasteiger partial charge in [-0.25, -0.2) is 0 Å². The molecule has 0 saturated carbocycles. The molecule has 444 valence electrons. The highest BCUT2D eigenvalue weighted by Gasteiger charge is 2.20. The van der Waals surface area contributed by atoms with E-state index in [1.54, 1.807) is 0 Å². The van der Waals surface area contributed by atoms with Crippen LogP contribution in [0.2, 0.25) is 0 Å². The van der Waals surface area contributed by atoms with E-state index in [-0.39, 0.29) is 18.5 Å². The average Bonchev–Trinajstić information content (AvgIpc) is 3.41. The number of aliphatic hydroxyl groups excluding tert-OH is 2. The summed E-state index contributed by atoms with van der Waals surface area (Å²) in [5.74, 6) is -0.0326. The Morgan fingerprint density at radius 1 is 0.373 bits per heavy atom. The standard InChI is InChI=1S/C69H133NO5/c1-3-5-7-9-11-13-15-17-19-21-22-24-27-30-33-37-41-45-49-53-57-61-67(72)66(65-71)70-68(73)62-58-54-50-46-42-38-34-31-28-25-23-26-29-32-36-40-44-48-52-56-60-64-75-69(74)63-59-55-51-47-43-39-35-20-18-16-14-12-10-8-6-4-2/h14,16,20,35,66-67,71-72H,3-13,15,17-19,21-34,36-65H2,1-2H3,(H,70,73)/b16-14-,35-20-. The summed E-state index contributed by atoms with van der Waals surface area (Å²) in [5.41, 5.74) is 0. The second-order valence-corrected chi connectivity index (χ2v) is 23.5. The number of esters is 1. The van der Waals surface area contributed by atoms with E-state index < -0.39 is 12.1 Å². The monoisotopic (exact) mass is 1060 g/mol. The van der Waals surface area contributed by atoms with E-state index in [9.17, 15) is 19.8 Å². The maximum Gasteiger partial charge on any atom is 0.305 e. The number of ether oxygens (including phenoxy) is 1. The minimum atomic E-state index is -0.666. The second-order valence-electron chi connectivity index (χ2n) is 23.5. The Kier molecular flexibility index (Phi) is 63.4. The van der Waals surface area contributed by atoms with Crippen molar-refractivity contribution >= 4 is 11.9 Å². The molecule has 2 unspecified atom stereocenters. The van der Waals surface area contributed by atoms with Crippen molar-refractivity contribution < 1.29 is 24.5 Å². The van der Waals surface area contributed by atoms with Crippen LogP contribution in [0.5, 0.6) is 0 Å². The summed E-state index contributed by atoms with van der Waals surface area (Å²) < 4.78 is 5.49. The van der Waals surface area contributed by atoms with Gasteiger partial charge in [-0.1, -0.05) is 334 Å². The summed E-state index contributed by atoms with van der Waals surface area (Å²) in [4.78, 5) is 24.6. The molecular formula is C69H133NO5. The summed E-state index contributed by atoms with van der Waals surface area (Å²) >= 11 is 0. The Bertz CT molecular complexity index is 1170. The van der Waals surface area contributed by atoms with Gasteiger partial charge >= 0.3 is 5.97 Å². The number of amides is 1. The second kappa shape index (κ2) is 64.9. The lowest BCUT2D eigenvalue weighted by Gasteiger charge is -2.22. The summed E-state index contributed by atoms with van der Waals surface area (Å²) in [6.07, 6.45) is 80.6. The molecule has 2 atom stereocenters. The molecule has 0 aliphatic heterocycles. The van der Waals surface area contributed by atoms with Gasteiger partial charge in [-0.2, -0.15) is 0 Å². The molecule has 0 spiro atoms. The fraction of sp³-hybridized carbons (Fsp3) is 0.913. The third-order valence-corrected chi connectivity index (χ3v) is 16.0. The Morgan fingerprint density at radius 3 is 1.03 bits per heavy atom. The third-order valence-electron chi connectivity index (χ3n) is 16.0. The van der Waals surface area contributed by atoms with Gasteiger partial charge in [-0.15, -0.1) is 0 Å². The van der Waals surface area contributed by atoms with E-state index in [1.165, 1.54) is 295 Å². The highest BCUT2D eigenvalue weighted by molar-refractivity contribution is 5.76. The van der Waals surface area contributed by atoms with E-state index in [0.29, 0.717) is 25.9 Å². The SMILES string of the molecule is CCCCCC/C=C\C/C=C\CCCCCCCC(=O)OCCCCCCCCCCCCCCCCCCCCCCCC(=O)NC(CO)C(O)CCCCCCCCCCCCCCCCCCCCCCC. The zero-order valence-corrected chi connectivity index (χ0v) is 50.8. The first-order valence-electron chi connectivity index (χ1n) is 34.1.